The van der Waals surface area contributed by atoms with E-state index in [1.165, 1.54) is 11.8 Å². The lowest BCUT2D eigenvalue weighted by atomic mass is 10.2. The predicted molar refractivity (Wildman–Crippen MR) is 124 cm³/mol. The zero-order valence-corrected chi connectivity index (χ0v) is 20.1. The van der Waals surface area contributed by atoms with Gasteiger partial charge in [0.05, 0.1) is 22.9 Å². The van der Waals surface area contributed by atoms with Crippen molar-refractivity contribution in [3.05, 3.63) is 73.2 Å². The summed E-state index contributed by atoms with van der Waals surface area (Å²) in [7, 11) is 0. The molecule has 3 aromatic heterocycles. The molecule has 4 aromatic rings. The fourth-order valence-electron chi connectivity index (χ4n) is 3.33. The molecule has 0 N–H and O–H groups in total. The van der Waals surface area contributed by atoms with E-state index in [1.54, 1.807) is 17.4 Å². The summed E-state index contributed by atoms with van der Waals surface area (Å²) in [4.78, 5) is 17.3. The Morgan fingerprint density at radius 3 is 2.55 bits per heavy atom. The number of nitrogens with zero attached hydrogens (tertiary/aromatic N) is 4. The smallest absolute Gasteiger partial charge is 0.277 e. The van der Waals surface area contributed by atoms with E-state index in [2.05, 4.69) is 15.2 Å². The number of Topliss-reactive ketones (excluding diaryl/α,β-unsaturated/α-hetero) is 1. The minimum atomic E-state index is -0.0210. The first-order chi connectivity index (χ1) is 14.8. The normalized spacial score (nSPS) is 11.3. The van der Waals surface area contributed by atoms with Crippen LogP contribution in [-0.2, 0) is 6.42 Å². The van der Waals surface area contributed by atoms with Crippen LogP contribution in [0.25, 0.3) is 5.69 Å². The molecule has 4 rings (SSSR count). The van der Waals surface area contributed by atoms with E-state index < -0.39 is 0 Å². The molecule has 0 atom stereocenters. The maximum absolute atomic E-state index is 12.9. The third-order valence-electron chi connectivity index (χ3n) is 4.61. The van der Waals surface area contributed by atoms with Crippen LogP contribution < -0.4 is 0 Å². The monoisotopic (exact) mass is 492 g/mol. The molecular formula is C21H18Cl2N4O2S2. The van der Waals surface area contributed by atoms with Gasteiger partial charge >= 0.3 is 0 Å². The summed E-state index contributed by atoms with van der Waals surface area (Å²) in [5, 5.41) is 12.5. The van der Waals surface area contributed by atoms with Crippen LogP contribution in [0.3, 0.4) is 0 Å². The van der Waals surface area contributed by atoms with Gasteiger partial charge in [-0.25, -0.2) is 4.98 Å². The number of thioether (sulfide) groups is 1. The first-order valence-electron chi connectivity index (χ1n) is 9.35. The Balaban J connectivity index is 1.46. The Kier molecular flexibility index (Phi) is 6.52. The Morgan fingerprint density at radius 1 is 1.13 bits per heavy atom. The molecule has 0 spiro atoms. The van der Waals surface area contributed by atoms with Crippen molar-refractivity contribution in [2.24, 2.45) is 0 Å². The van der Waals surface area contributed by atoms with E-state index in [9.17, 15) is 4.79 Å². The second-order valence-electron chi connectivity index (χ2n) is 6.96. The number of thiazole rings is 1. The molecule has 0 saturated carbocycles. The summed E-state index contributed by atoms with van der Waals surface area (Å²) in [5.74, 6) is 0.654. The van der Waals surface area contributed by atoms with E-state index >= 15 is 0 Å². The standard InChI is InChI=1S/C21H18Cl2N4O2S2/c1-11-4-18(12(2)27(11)17-6-14(22)5-15(23)7-17)19(28)10-31-21-26-25-20(29-21)8-16-9-30-13(3)24-16/h4-7,9H,8,10H2,1-3H3. The Morgan fingerprint density at radius 2 is 1.87 bits per heavy atom. The fourth-order valence-corrected chi connectivity index (χ4v) is 5.12. The van der Waals surface area contributed by atoms with Crippen LogP contribution in [-0.4, -0.2) is 31.3 Å². The van der Waals surface area contributed by atoms with Crippen molar-refractivity contribution < 1.29 is 9.21 Å². The van der Waals surface area contributed by atoms with Crippen molar-refractivity contribution in [3.63, 3.8) is 0 Å². The van der Waals surface area contributed by atoms with Gasteiger partial charge in [0, 0.05) is 38.1 Å². The summed E-state index contributed by atoms with van der Waals surface area (Å²) in [6.07, 6.45) is 0.481. The van der Waals surface area contributed by atoms with Crippen molar-refractivity contribution in [1.29, 1.82) is 0 Å². The fraction of sp³-hybridized carbons (Fsp3) is 0.238. The number of halogens is 2. The lowest BCUT2D eigenvalue weighted by Crippen LogP contribution is -2.05. The van der Waals surface area contributed by atoms with Crippen LogP contribution in [0.1, 0.15) is 38.3 Å². The zero-order valence-electron chi connectivity index (χ0n) is 17.0. The van der Waals surface area contributed by atoms with Crippen LogP contribution in [0.15, 0.2) is 39.3 Å². The highest BCUT2D eigenvalue weighted by molar-refractivity contribution is 7.99. The third kappa shape index (κ3) is 5.03. The molecule has 0 aliphatic heterocycles. The SMILES string of the molecule is Cc1nc(Cc2nnc(SCC(=O)c3cc(C)n(-c4cc(Cl)cc(Cl)c4)c3C)o2)cs1. The lowest BCUT2D eigenvalue weighted by Gasteiger charge is -2.11. The topological polar surface area (TPSA) is 73.8 Å². The lowest BCUT2D eigenvalue weighted by molar-refractivity contribution is 0.102. The summed E-state index contributed by atoms with van der Waals surface area (Å²) in [6.45, 7) is 5.80. The Bertz CT molecular complexity index is 1240. The molecule has 0 aliphatic rings. The summed E-state index contributed by atoms with van der Waals surface area (Å²) in [6, 6.07) is 7.19. The minimum absolute atomic E-state index is 0.0210. The number of rotatable bonds is 7. The molecule has 1 aromatic carbocycles. The predicted octanol–water partition coefficient (Wildman–Crippen LogP) is 6.11. The van der Waals surface area contributed by atoms with Crippen LogP contribution >= 0.6 is 46.3 Å². The molecular weight excluding hydrogens is 475 g/mol. The number of ketones is 1. The molecule has 0 fully saturated rings. The highest BCUT2D eigenvalue weighted by Gasteiger charge is 2.19. The van der Waals surface area contributed by atoms with E-state index in [4.69, 9.17) is 27.6 Å². The first kappa shape index (κ1) is 22.1. The van der Waals surface area contributed by atoms with Gasteiger partial charge in [-0.2, -0.15) is 0 Å². The molecule has 0 unspecified atom stereocenters. The number of hydrogen-bond acceptors (Lipinski definition) is 7. The molecule has 160 valence electrons. The average Bonchev–Trinajstić information content (AvgIpc) is 3.39. The molecule has 0 aliphatic carbocycles. The van der Waals surface area contributed by atoms with Gasteiger partial charge in [-0.1, -0.05) is 35.0 Å². The van der Waals surface area contributed by atoms with Crippen LogP contribution in [0.4, 0.5) is 0 Å². The summed E-state index contributed by atoms with van der Waals surface area (Å²) >= 11 is 15.1. The molecule has 0 radical (unpaired) electrons. The highest BCUT2D eigenvalue weighted by atomic mass is 35.5. The molecule has 0 amide bonds. The first-order valence-corrected chi connectivity index (χ1v) is 12.0. The summed E-state index contributed by atoms with van der Waals surface area (Å²) < 4.78 is 7.63. The Hall–Kier alpha value is -2.13. The molecule has 6 nitrogen and oxygen atoms in total. The van der Waals surface area contributed by atoms with Gasteiger partial charge in [-0.15, -0.1) is 21.5 Å². The van der Waals surface area contributed by atoms with Crippen LogP contribution in [0.2, 0.25) is 10.0 Å². The second kappa shape index (κ2) is 9.16. The van der Waals surface area contributed by atoms with Crippen molar-refractivity contribution >= 4 is 52.1 Å². The maximum atomic E-state index is 12.9. The number of carbonyl (C=O) groups is 1. The summed E-state index contributed by atoms with van der Waals surface area (Å²) in [5.41, 5.74) is 4.10. The van der Waals surface area contributed by atoms with Gasteiger partial charge in [0.2, 0.25) is 5.89 Å². The number of aryl methyl sites for hydroxylation is 2. The van der Waals surface area contributed by atoms with Crippen molar-refractivity contribution in [3.8, 4) is 5.69 Å². The second-order valence-corrected chi connectivity index (χ2v) is 9.82. The minimum Gasteiger partial charge on any atom is -0.416 e. The van der Waals surface area contributed by atoms with Gasteiger partial charge in [-0.05, 0) is 45.0 Å². The molecule has 3 heterocycles. The largest absolute Gasteiger partial charge is 0.416 e. The van der Waals surface area contributed by atoms with Crippen molar-refractivity contribution in [2.45, 2.75) is 32.4 Å². The molecule has 10 heteroatoms. The number of aromatic nitrogens is 4. The molecule has 0 saturated heterocycles. The van der Waals surface area contributed by atoms with E-state index in [-0.39, 0.29) is 11.5 Å². The zero-order chi connectivity index (χ0) is 22.1. The van der Waals surface area contributed by atoms with Gasteiger partial charge in [0.25, 0.3) is 5.22 Å². The highest BCUT2D eigenvalue weighted by Crippen LogP contribution is 2.28. The third-order valence-corrected chi connectivity index (χ3v) is 6.69. The van der Waals surface area contributed by atoms with Crippen LogP contribution in [0.5, 0.6) is 0 Å². The van der Waals surface area contributed by atoms with Gasteiger partial charge in [0.15, 0.2) is 5.78 Å². The van der Waals surface area contributed by atoms with E-state index in [0.29, 0.717) is 33.1 Å². The van der Waals surface area contributed by atoms with E-state index in [0.717, 1.165) is 27.8 Å². The molecule has 31 heavy (non-hydrogen) atoms. The van der Waals surface area contributed by atoms with Crippen molar-refractivity contribution in [1.82, 2.24) is 19.7 Å². The van der Waals surface area contributed by atoms with Crippen molar-refractivity contribution in [2.75, 3.05) is 5.75 Å². The van der Waals surface area contributed by atoms with Crippen LogP contribution in [0, 0.1) is 20.8 Å². The quantitative estimate of drug-likeness (QED) is 0.228. The number of carbonyl (C=O) groups excluding carboxylic acids is 1. The van der Waals surface area contributed by atoms with Gasteiger partial charge < -0.3 is 8.98 Å². The molecule has 0 bridgehead atoms. The maximum Gasteiger partial charge on any atom is 0.277 e. The average molecular weight is 493 g/mol. The number of benzene rings is 1. The van der Waals surface area contributed by atoms with E-state index in [1.807, 2.05) is 48.9 Å². The Labute approximate surface area is 197 Å². The van der Waals surface area contributed by atoms with Gasteiger partial charge in [-0.3, -0.25) is 4.79 Å². The van der Waals surface area contributed by atoms with Gasteiger partial charge in [0.1, 0.15) is 0 Å². The number of hydrogen-bond donors (Lipinski definition) is 0.